The van der Waals surface area contributed by atoms with Crippen molar-refractivity contribution in [1.29, 1.82) is 0 Å². The van der Waals surface area contributed by atoms with Gasteiger partial charge in [0, 0.05) is 6.42 Å². The minimum absolute atomic E-state index is 0.0583. The van der Waals surface area contributed by atoms with E-state index in [2.05, 4.69) is 5.92 Å². The zero-order valence-corrected chi connectivity index (χ0v) is 10.0. The number of carbonyl (C=O) groups excluding carboxylic acids is 2. The third-order valence-corrected chi connectivity index (χ3v) is 2.54. The van der Waals surface area contributed by atoms with Crippen LogP contribution in [0.5, 0.6) is 0 Å². The molecule has 93 valence electrons. The lowest BCUT2D eigenvalue weighted by Gasteiger charge is -2.25. The second-order valence-electron chi connectivity index (χ2n) is 3.75. The first kappa shape index (κ1) is 13.9. The van der Waals surface area contributed by atoms with Crippen molar-refractivity contribution in [2.75, 3.05) is 13.1 Å². The van der Waals surface area contributed by atoms with Crippen LogP contribution >= 0.6 is 0 Å². The number of rotatable bonds is 6. The van der Waals surface area contributed by atoms with Gasteiger partial charge in [0.2, 0.25) is 12.2 Å². The van der Waals surface area contributed by atoms with Crippen molar-refractivity contribution in [3.63, 3.8) is 0 Å². The fourth-order valence-corrected chi connectivity index (χ4v) is 1.64. The Morgan fingerprint density at radius 2 is 2.06 bits per heavy atom. The first-order chi connectivity index (χ1) is 8.72. The van der Waals surface area contributed by atoms with Gasteiger partial charge in [-0.2, -0.15) is 0 Å². The first-order valence-electron chi connectivity index (χ1n) is 5.57. The summed E-state index contributed by atoms with van der Waals surface area (Å²) >= 11 is 0. The van der Waals surface area contributed by atoms with E-state index in [-0.39, 0.29) is 19.0 Å². The maximum atomic E-state index is 11.6. The highest BCUT2D eigenvalue weighted by atomic mass is 16.2. The van der Waals surface area contributed by atoms with Crippen LogP contribution in [-0.2, 0) is 16.0 Å². The predicted molar refractivity (Wildman–Crippen MR) is 69.2 cm³/mol. The average molecular weight is 243 g/mol. The summed E-state index contributed by atoms with van der Waals surface area (Å²) in [5.41, 5.74) is 6.24. The maximum Gasteiger partial charge on any atom is 0.237 e. The highest BCUT2D eigenvalue weighted by Crippen LogP contribution is 2.07. The second kappa shape index (κ2) is 7.25. The molecule has 0 fully saturated rings. The van der Waals surface area contributed by atoms with Crippen molar-refractivity contribution in [3.8, 4) is 12.3 Å². The molecule has 1 rings (SSSR count). The zero-order valence-electron chi connectivity index (χ0n) is 10.0. The molecule has 1 atom stereocenters. The topological polar surface area (TPSA) is 63.4 Å². The van der Waals surface area contributed by atoms with Crippen molar-refractivity contribution in [1.82, 2.24) is 4.90 Å². The number of carbonyl (C=O) groups is 1. The van der Waals surface area contributed by atoms with Crippen molar-refractivity contribution in [2.24, 2.45) is 5.73 Å². The van der Waals surface area contributed by atoms with E-state index in [1.807, 2.05) is 36.6 Å². The molecule has 0 bridgehead atoms. The summed E-state index contributed by atoms with van der Waals surface area (Å²) in [6, 6.07) is 8.69. The molecule has 0 aliphatic heterocycles. The number of benzene rings is 1. The molecule has 1 aromatic rings. The van der Waals surface area contributed by atoms with Gasteiger partial charge in [-0.05, 0) is 5.56 Å². The summed E-state index contributed by atoms with van der Waals surface area (Å²) < 4.78 is 0. The van der Waals surface area contributed by atoms with Crippen LogP contribution in [0.1, 0.15) is 5.56 Å². The van der Waals surface area contributed by atoms with Gasteiger partial charge in [0.15, 0.2) is 0 Å². The van der Waals surface area contributed by atoms with Crippen LogP contribution < -0.4 is 5.73 Å². The zero-order chi connectivity index (χ0) is 13.4. The van der Waals surface area contributed by atoms with Gasteiger partial charge in [0.25, 0.3) is 0 Å². The van der Waals surface area contributed by atoms with E-state index in [4.69, 9.17) is 12.2 Å². The van der Waals surface area contributed by atoms with Crippen molar-refractivity contribution >= 4 is 12.2 Å². The monoisotopic (exact) mass is 243 g/mol. The molecule has 4 heteroatoms. The lowest BCUT2D eigenvalue weighted by molar-refractivity contribution is -0.130. The van der Waals surface area contributed by atoms with E-state index >= 15 is 0 Å². The number of hydrogen-bond acceptors (Lipinski definition) is 3. The van der Waals surface area contributed by atoms with Gasteiger partial charge < -0.3 is 10.6 Å². The van der Waals surface area contributed by atoms with Gasteiger partial charge >= 0.3 is 0 Å². The Balaban J connectivity index is 2.83. The Morgan fingerprint density at radius 1 is 1.39 bits per heavy atom. The second-order valence-corrected chi connectivity index (χ2v) is 3.75. The number of nitrogens with two attached hydrogens (primary N) is 1. The molecule has 4 nitrogen and oxygen atoms in total. The summed E-state index contributed by atoms with van der Waals surface area (Å²) in [7, 11) is 0. The summed E-state index contributed by atoms with van der Waals surface area (Å²) in [6.45, 7) is -0.114. The molecule has 0 heterocycles. The number of hydrogen-bond donors (Lipinski definition) is 1. The van der Waals surface area contributed by atoms with Crippen LogP contribution in [0.25, 0.3) is 0 Å². The molecule has 0 aromatic heterocycles. The van der Waals surface area contributed by atoms with Gasteiger partial charge in [-0.15, -0.1) is 6.42 Å². The standard InChI is InChI=1S/C14H15N2O2/c1-2-8-16(14(18)10-15)13(11-17)9-12-6-4-3-5-7-12/h1,3-7,13H,8-10,15H2/t13-/m0/s1. The van der Waals surface area contributed by atoms with Crippen LogP contribution in [0.15, 0.2) is 30.3 Å². The molecule has 0 saturated heterocycles. The smallest absolute Gasteiger partial charge is 0.237 e. The van der Waals surface area contributed by atoms with Crippen LogP contribution in [-0.4, -0.2) is 36.2 Å². The van der Waals surface area contributed by atoms with E-state index in [0.717, 1.165) is 5.56 Å². The summed E-state index contributed by atoms with van der Waals surface area (Å²) in [5, 5.41) is 0. The van der Waals surface area contributed by atoms with Crippen LogP contribution in [0.4, 0.5) is 0 Å². The molecule has 0 aliphatic carbocycles. The maximum absolute atomic E-state index is 11.6. The minimum atomic E-state index is -0.695. The molecular formula is C14H15N2O2. The molecular weight excluding hydrogens is 228 g/mol. The molecule has 1 amide bonds. The normalized spacial score (nSPS) is 11.3. The van der Waals surface area contributed by atoms with E-state index in [1.54, 1.807) is 0 Å². The van der Waals surface area contributed by atoms with Crippen molar-refractivity contribution < 1.29 is 9.59 Å². The molecule has 0 unspecified atom stereocenters. The summed E-state index contributed by atoms with van der Waals surface area (Å²) in [4.78, 5) is 23.9. The average Bonchev–Trinajstić information content (AvgIpc) is 2.43. The Hall–Kier alpha value is -2.12. The first-order valence-corrected chi connectivity index (χ1v) is 5.57. The molecule has 0 spiro atoms. The predicted octanol–water partition coefficient (Wildman–Crippen LogP) is 0.128. The van der Waals surface area contributed by atoms with Crippen LogP contribution in [0, 0.1) is 12.3 Å². The molecule has 18 heavy (non-hydrogen) atoms. The molecule has 1 aromatic carbocycles. The number of amides is 1. The fraction of sp³-hybridized carbons (Fsp3) is 0.286. The van der Waals surface area contributed by atoms with Gasteiger partial charge in [-0.1, -0.05) is 36.3 Å². The quantitative estimate of drug-likeness (QED) is 0.722. The van der Waals surface area contributed by atoms with Crippen molar-refractivity contribution in [2.45, 2.75) is 12.5 Å². The van der Waals surface area contributed by atoms with Gasteiger partial charge in [-0.3, -0.25) is 9.59 Å². The Morgan fingerprint density at radius 3 is 2.56 bits per heavy atom. The van der Waals surface area contributed by atoms with E-state index < -0.39 is 6.04 Å². The SMILES string of the molecule is C#CCN(C(=O)CN)[C@H]([C]=O)Cc1ccccc1. The molecule has 1 radical (unpaired) electrons. The minimum Gasteiger partial charge on any atom is -0.322 e. The van der Waals surface area contributed by atoms with E-state index in [0.29, 0.717) is 6.42 Å². The summed E-state index contributed by atoms with van der Waals surface area (Å²) in [5.74, 6) is 2.00. The number of terminal acetylenes is 1. The van der Waals surface area contributed by atoms with Gasteiger partial charge in [-0.25, -0.2) is 0 Å². The largest absolute Gasteiger partial charge is 0.322 e. The summed E-state index contributed by atoms with van der Waals surface area (Å²) in [6.07, 6.45) is 7.43. The van der Waals surface area contributed by atoms with E-state index in [1.165, 1.54) is 4.90 Å². The fourth-order valence-electron chi connectivity index (χ4n) is 1.64. The van der Waals surface area contributed by atoms with Crippen molar-refractivity contribution in [3.05, 3.63) is 35.9 Å². The van der Waals surface area contributed by atoms with Gasteiger partial charge in [0.1, 0.15) is 6.04 Å². The molecule has 0 saturated carbocycles. The van der Waals surface area contributed by atoms with Crippen LogP contribution in [0.3, 0.4) is 0 Å². The number of nitrogens with zero attached hydrogens (tertiary/aromatic N) is 1. The van der Waals surface area contributed by atoms with Crippen LogP contribution in [0.2, 0.25) is 0 Å². The lowest BCUT2D eigenvalue weighted by Crippen LogP contribution is -2.45. The van der Waals surface area contributed by atoms with Gasteiger partial charge in [0.05, 0.1) is 13.1 Å². The van der Waals surface area contributed by atoms with E-state index in [9.17, 15) is 9.59 Å². The lowest BCUT2D eigenvalue weighted by atomic mass is 10.1. The Bertz CT molecular complexity index is 437. The highest BCUT2D eigenvalue weighted by Gasteiger charge is 2.22. The molecule has 2 N–H and O–H groups in total. The highest BCUT2D eigenvalue weighted by molar-refractivity contribution is 5.81. The Kier molecular flexibility index (Phi) is 5.62. The molecule has 0 aliphatic rings. The third kappa shape index (κ3) is 3.72. The third-order valence-electron chi connectivity index (χ3n) is 2.54. The Labute approximate surface area is 107 Å².